The van der Waals surface area contributed by atoms with Crippen molar-refractivity contribution in [3.8, 4) is 11.5 Å². The van der Waals surface area contributed by atoms with Gasteiger partial charge in [0.15, 0.2) is 0 Å². The highest BCUT2D eigenvalue weighted by atomic mass is 31.2. The molecule has 0 unspecified atom stereocenters. The lowest BCUT2D eigenvalue weighted by Crippen LogP contribution is -2.49. The first-order valence-corrected chi connectivity index (χ1v) is 20.5. The van der Waals surface area contributed by atoms with Crippen molar-refractivity contribution in [2.75, 3.05) is 19.6 Å². The standard InChI is InChI=1S/C43H55N2O7P/c1-7-21-50-42(47)39(27-33-15-11-9-12-16-33)44-53(49,45-40(43(48)51-22-8-2)28-34-17-13-10-14-18-34)29-52-36-23-31(5)38(32(6)24-36)26-35-19-20-41(46)37(25-35)30(3)4/h9-20,23-25,30,39-40,44-45,49H,7-8,21-22,26-29H2,1-6H3/p+1/t39-,40-/m0/s1. The van der Waals surface area contributed by atoms with Crippen LogP contribution in [-0.2, 0) is 38.3 Å². The summed E-state index contributed by atoms with van der Waals surface area (Å²) >= 11 is 0. The van der Waals surface area contributed by atoms with E-state index in [4.69, 9.17) is 14.2 Å². The summed E-state index contributed by atoms with van der Waals surface area (Å²) in [7, 11) is -3.66. The Labute approximate surface area is 315 Å². The van der Waals surface area contributed by atoms with Gasteiger partial charge in [0.2, 0.25) is 0 Å². The van der Waals surface area contributed by atoms with Crippen LogP contribution in [0.25, 0.3) is 0 Å². The van der Waals surface area contributed by atoms with Crippen LogP contribution in [0.2, 0.25) is 0 Å². The summed E-state index contributed by atoms with van der Waals surface area (Å²) in [5, 5.41) is 16.7. The Kier molecular flexibility index (Phi) is 15.9. The third kappa shape index (κ3) is 12.7. The van der Waals surface area contributed by atoms with Gasteiger partial charge in [-0.15, -0.1) is 10.2 Å². The Morgan fingerprint density at radius 1 is 0.717 bits per heavy atom. The highest BCUT2D eigenvalue weighted by Gasteiger charge is 2.46. The molecular formula is C43H56N2O7P+. The molecule has 2 atom stereocenters. The lowest BCUT2D eigenvalue weighted by atomic mass is 9.93. The number of hydrogen-bond acceptors (Lipinski definition) is 9. The summed E-state index contributed by atoms with van der Waals surface area (Å²) in [6, 6.07) is 26.8. The van der Waals surface area contributed by atoms with Crippen molar-refractivity contribution in [1.29, 1.82) is 0 Å². The van der Waals surface area contributed by atoms with Crippen LogP contribution < -0.4 is 14.9 Å². The molecule has 4 aromatic carbocycles. The van der Waals surface area contributed by atoms with Crippen molar-refractivity contribution < 1.29 is 33.8 Å². The Balaban J connectivity index is 1.66. The molecule has 4 rings (SSSR count). The zero-order valence-corrected chi connectivity index (χ0v) is 32.8. The number of ether oxygens (including phenoxy) is 3. The third-order valence-electron chi connectivity index (χ3n) is 8.95. The fraction of sp³-hybridized carbons (Fsp3) is 0.395. The highest BCUT2D eigenvalue weighted by Crippen LogP contribution is 2.48. The molecule has 0 aliphatic carbocycles. The second kappa shape index (κ2) is 20.3. The van der Waals surface area contributed by atoms with E-state index in [0.29, 0.717) is 30.8 Å². The van der Waals surface area contributed by atoms with Crippen LogP contribution in [0.5, 0.6) is 11.5 Å². The number of carbonyl (C=O) groups excluding carboxylic acids is 2. The minimum atomic E-state index is -3.66. The topological polar surface area (TPSA) is 126 Å². The molecule has 9 nitrogen and oxygen atoms in total. The largest absolute Gasteiger partial charge is 0.508 e. The van der Waals surface area contributed by atoms with Crippen LogP contribution in [-0.4, -0.2) is 53.6 Å². The summed E-state index contributed by atoms with van der Waals surface area (Å²) in [5.41, 5.74) is 6.93. The zero-order chi connectivity index (χ0) is 38.4. The van der Waals surface area contributed by atoms with Crippen molar-refractivity contribution in [3.63, 3.8) is 0 Å². The summed E-state index contributed by atoms with van der Waals surface area (Å²) in [6.45, 7) is 12.5. The second-order valence-electron chi connectivity index (χ2n) is 13.9. The maximum Gasteiger partial charge on any atom is 0.327 e. The lowest BCUT2D eigenvalue weighted by molar-refractivity contribution is -0.146. The molecule has 284 valence electrons. The minimum Gasteiger partial charge on any atom is -0.508 e. The first kappa shape index (κ1) is 41.5. The normalized spacial score (nSPS) is 12.7. The second-order valence-corrected chi connectivity index (χ2v) is 16.2. The molecule has 0 radical (unpaired) electrons. The number of phenols is 1. The van der Waals surface area contributed by atoms with Gasteiger partial charge < -0.3 is 19.3 Å². The van der Waals surface area contributed by atoms with Gasteiger partial charge in [-0.3, -0.25) is 9.59 Å². The molecule has 0 bridgehead atoms. The van der Waals surface area contributed by atoms with Crippen LogP contribution in [0.3, 0.4) is 0 Å². The molecule has 0 heterocycles. The fourth-order valence-electron chi connectivity index (χ4n) is 6.16. The Bertz CT molecular complexity index is 1680. The van der Waals surface area contributed by atoms with Crippen LogP contribution in [0, 0.1) is 13.8 Å². The number of esters is 2. The van der Waals surface area contributed by atoms with Gasteiger partial charge in [-0.2, -0.15) is 0 Å². The van der Waals surface area contributed by atoms with Gasteiger partial charge in [0.05, 0.1) is 13.2 Å². The first-order chi connectivity index (χ1) is 25.4. The molecule has 0 fully saturated rings. The molecule has 0 amide bonds. The average molecular weight is 744 g/mol. The Hall–Kier alpha value is -4.27. The quantitative estimate of drug-likeness (QED) is 0.0525. The van der Waals surface area contributed by atoms with Gasteiger partial charge in [0.25, 0.3) is 6.35 Å². The minimum absolute atomic E-state index is 0.193. The molecule has 0 spiro atoms. The third-order valence-corrected chi connectivity index (χ3v) is 10.9. The zero-order valence-electron chi connectivity index (χ0n) is 31.9. The molecule has 10 heteroatoms. The maximum atomic E-state index is 13.5. The van der Waals surface area contributed by atoms with Crippen LogP contribution >= 0.6 is 7.79 Å². The predicted octanol–water partition coefficient (Wildman–Crippen LogP) is 8.12. The van der Waals surface area contributed by atoms with Crippen molar-refractivity contribution in [3.05, 3.63) is 130 Å². The van der Waals surface area contributed by atoms with Crippen LogP contribution in [0.15, 0.2) is 91.0 Å². The first-order valence-electron chi connectivity index (χ1n) is 18.5. The fourth-order valence-corrected chi connectivity index (χ4v) is 8.15. The predicted molar refractivity (Wildman–Crippen MR) is 212 cm³/mol. The summed E-state index contributed by atoms with van der Waals surface area (Å²) in [5.74, 6) is 0.0257. The molecule has 0 aliphatic heterocycles. The summed E-state index contributed by atoms with van der Waals surface area (Å²) in [6.07, 6.45) is 2.22. The Morgan fingerprint density at radius 3 is 1.66 bits per heavy atom. The van der Waals surface area contributed by atoms with Gasteiger partial charge in [-0.05, 0) is 96.2 Å². The van der Waals surface area contributed by atoms with Gasteiger partial charge in [0, 0.05) is 12.8 Å². The number of benzene rings is 4. The van der Waals surface area contributed by atoms with E-state index in [-0.39, 0.29) is 38.3 Å². The van der Waals surface area contributed by atoms with E-state index in [0.717, 1.165) is 38.9 Å². The molecule has 0 saturated heterocycles. The molecule has 0 saturated carbocycles. The van der Waals surface area contributed by atoms with Crippen molar-refractivity contribution in [2.45, 2.75) is 91.6 Å². The molecule has 0 aromatic heterocycles. The van der Waals surface area contributed by atoms with Gasteiger partial charge >= 0.3 is 19.7 Å². The van der Waals surface area contributed by atoms with E-state index in [1.807, 2.05) is 107 Å². The van der Waals surface area contributed by atoms with E-state index in [9.17, 15) is 19.6 Å². The lowest BCUT2D eigenvalue weighted by Gasteiger charge is -2.28. The number of carbonyl (C=O) groups is 2. The smallest absolute Gasteiger partial charge is 0.327 e. The number of aromatic hydroxyl groups is 1. The highest BCUT2D eigenvalue weighted by molar-refractivity contribution is 7.66. The number of aryl methyl sites for hydroxylation is 2. The van der Waals surface area contributed by atoms with Gasteiger partial charge in [-0.25, -0.2) is 4.89 Å². The number of rotatable bonds is 20. The van der Waals surface area contributed by atoms with Gasteiger partial charge in [0.1, 0.15) is 23.6 Å². The van der Waals surface area contributed by atoms with E-state index in [1.165, 1.54) is 0 Å². The monoisotopic (exact) mass is 743 g/mol. The summed E-state index contributed by atoms with van der Waals surface area (Å²) < 4.78 is 17.5. The van der Waals surface area contributed by atoms with Crippen LogP contribution in [0.1, 0.15) is 85.4 Å². The Morgan fingerprint density at radius 2 is 1.21 bits per heavy atom. The van der Waals surface area contributed by atoms with Crippen molar-refractivity contribution >= 4 is 19.7 Å². The molecule has 53 heavy (non-hydrogen) atoms. The van der Waals surface area contributed by atoms with E-state index in [1.54, 1.807) is 6.07 Å². The van der Waals surface area contributed by atoms with Crippen molar-refractivity contribution in [1.82, 2.24) is 10.2 Å². The molecular weight excluding hydrogens is 687 g/mol. The molecule has 0 aliphatic rings. The van der Waals surface area contributed by atoms with E-state index < -0.39 is 31.8 Å². The number of nitrogens with one attached hydrogen (secondary N) is 2. The summed E-state index contributed by atoms with van der Waals surface area (Å²) in [4.78, 5) is 39.6. The van der Waals surface area contributed by atoms with Crippen LogP contribution in [0.4, 0.5) is 0 Å². The van der Waals surface area contributed by atoms with E-state index >= 15 is 0 Å². The average Bonchev–Trinajstić information content (AvgIpc) is 3.14. The van der Waals surface area contributed by atoms with Gasteiger partial charge in [-0.1, -0.05) is 100 Å². The maximum absolute atomic E-state index is 13.5. The van der Waals surface area contributed by atoms with Crippen molar-refractivity contribution in [2.24, 2.45) is 0 Å². The molecule has 4 aromatic rings. The SMILES string of the molecule is CCCOC(=O)[C@H](Cc1ccccc1)N[P+](O)(COc1cc(C)c(Cc2ccc(O)c(C(C)C)c2)c(C)c1)N[C@@H](Cc1ccccc1)C(=O)OCCC. The molecule has 4 N–H and O–H groups in total. The number of phenolic OH excluding ortho intramolecular Hbond substituents is 1. The number of hydrogen-bond donors (Lipinski definition) is 4. The van der Waals surface area contributed by atoms with E-state index in [2.05, 4.69) is 30.1 Å².